The fourth-order valence-electron chi connectivity index (χ4n) is 4.34. The van der Waals surface area contributed by atoms with Gasteiger partial charge in [0.05, 0.1) is 40.5 Å². The lowest BCUT2D eigenvalue weighted by atomic mass is 9.83. The fraction of sp³-hybridized carbons (Fsp3) is 0.360. The number of nitrogens with zero attached hydrogens (tertiary/aromatic N) is 2. The standard InChI is InChI=1S/C25H20Cl2F5N3O2/c1-2-3-4-21(36)35-12-23(29,13-35)17-6-5-14(7-15(17)11-33)20-10-24(37-34-20,25(30,31)32)16-8-18(26)22(28)19(27)9-16/h5-10,34H,2-4,12-13H2,1H3. The smallest absolute Gasteiger partial charge is 0.335 e. The lowest BCUT2D eigenvalue weighted by Crippen LogP contribution is -2.59. The van der Waals surface area contributed by atoms with E-state index in [2.05, 4.69) is 5.48 Å². The number of hydroxylamine groups is 1. The number of halogens is 7. The van der Waals surface area contributed by atoms with Crippen molar-refractivity contribution in [2.45, 2.75) is 43.6 Å². The molecule has 2 aromatic rings. The van der Waals surface area contributed by atoms with E-state index in [4.69, 9.17) is 28.0 Å². The molecule has 4 rings (SSSR count). The summed E-state index contributed by atoms with van der Waals surface area (Å²) in [6.07, 6.45) is -2.49. The van der Waals surface area contributed by atoms with Gasteiger partial charge in [0.2, 0.25) is 11.5 Å². The summed E-state index contributed by atoms with van der Waals surface area (Å²) >= 11 is 11.4. The number of carbonyl (C=O) groups excluding carboxylic acids is 1. The van der Waals surface area contributed by atoms with Crippen molar-refractivity contribution in [2.75, 3.05) is 13.1 Å². The number of hydrogen-bond acceptors (Lipinski definition) is 4. The van der Waals surface area contributed by atoms with E-state index < -0.39 is 38.9 Å². The van der Waals surface area contributed by atoms with Gasteiger partial charge in [0.15, 0.2) is 11.5 Å². The number of nitrogens with one attached hydrogen (secondary N) is 1. The van der Waals surface area contributed by atoms with E-state index in [9.17, 15) is 27.6 Å². The third-order valence-electron chi connectivity index (χ3n) is 6.42. The molecule has 1 saturated heterocycles. The van der Waals surface area contributed by atoms with Gasteiger partial charge in [0.1, 0.15) is 0 Å². The van der Waals surface area contributed by atoms with Crippen molar-refractivity contribution < 1.29 is 31.6 Å². The van der Waals surface area contributed by atoms with E-state index in [0.29, 0.717) is 18.9 Å². The molecule has 2 aromatic carbocycles. The molecule has 196 valence electrons. The van der Waals surface area contributed by atoms with Crippen LogP contribution in [0.15, 0.2) is 36.4 Å². The molecule has 0 aliphatic carbocycles. The SMILES string of the molecule is CCCCC(=O)N1CC(F)(c2ccc(C3=CC(c4cc(Cl)c(F)c(Cl)c4)(C(F)(F)F)ON3)cc2C#N)C1. The summed E-state index contributed by atoms with van der Waals surface area (Å²) in [7, 11) is 0. The van der Waals surface area contributed by atoms with E-state index in [-0.39, 0.29) is 41.4 Å². The first-order valence-corrected chi connectivity index (χ1v) is 12.0. The van der Waals surface area contributed by atoms with Crippen molar-refractivity contribution in [2.24, 2.45) is 0 Å². The van der Waals surface area contributed by atoms with Crippen molar-refractivity contribution in [1.29, 1.82) is 5.26 Å². The molecule has 0 radical (unpaired) electrons. The number of rotatable bonds is 6. The van der Waals surface area contributed by atoms with Gasteiger partial charge in [-0.15, -0.1) is 0 Å². The molecule has 2 aliphatic heterocycles. The third-order valence-corrected chi connectivity index (χ3v) is 6.97. The Kier molecular flexibility index (Phi) is 7.18. The minimum absolute atomic E-state index is 0.0389. The fourth-order valence-corrected chi connectivity index (χ4v) is 4.83. The Hall–Kier alpha value is -2.87. The van der Waals surface area contributed by atoms with Crippen LogP contribution in [0.4, 0.5) is 22.0 Å². The second-order valence-corrected chi connectivity index (χ2v) is 9.75. The van der Waals surface area contributed by atoms with Gasteiger partial charge in [-0.3, -0.25) is 15.1 Å². The number of likely N-dealkylation sites (tertiary alicyclic amines) is 1. The maximum Gasteiger partial charge on any atom is 0.428 e. The topological polar surface area (TPSA) is 65.4 Å². The highest BCUT2D eigenvalue weighted by molar-refractivity contribution is 6.35. The van der Waals surface area contributed by atoms with E-state index >= 15 is 4.39 Å². The summed E-state index contributed by atoms with van der Waals surface area (Å²) in [5.74, 6) is -1.25. The Bertz CT molecular complexity index is 1300. The first-order valence-electron chi connectivity index (χ1n) is 11.3. The number of carbonyl (C=O) groups is 1. The van der Waals surface area contributed by atoms with Crippen LogP contribution in [0, 0.1) is 17.1 Å². The number of nitriles is 1. The van der Waals surface area contributed by atoms with Crippen LogP contribution in [-0.4, -0.2) is 30.1 Å². The number of benzene rings is 2. The van der Waals surface area contributed by atoms with Crippen molar-refractivity contribution in [3.05, 3.63) is 74.5 Å². The van der Waals surface area contributed by atoms with E-state index in [1.165, 1.54) is 23.1 Å². The number of unbranched alkanes of at least 4 members (excludes halogenated alkanes) is 1. The zero-order chi connectivity index (χ0) is 27.2. The average Bonchev–Trinajstić information content (AvgIpc) is 3.30. The second kappa shape index (κ2) is 9.78. The zero-order valence-electron chi connectivity index (χ0n) is 19.4. The molecular weight excluding hydrogens is 540 g/mol. The Morgan fingerprint density at radius 2 is 1.86 bits per heavy atom. The van der Waals surface area contributed by atoms with Crippen LogP contribution in [0.5, 0.6) is 0 Å². The normalized spacial score (nSPS) is 20.6. The van der Waals surface area contributed by atoms with Gasteiger partial charge < -0.3 is 4.90 Å². The summed E-state index contributed by atoms with van der Waals surface area (Å²) in [6.45, 7) is 1.51. The molecule has 1 fully saturated rings. The highest BCUT2D eigenvalue weighted by atomic mass is 35.5. The molecule has 2 aliphatic rings. The summed E-state index contributed by atoms with van der Waals surface area (Å²) in [5.41, 5.74) is -3.48. The van der Waals surface area contributed by atoms with Crippen LogP contribution in [0.3, 0.4) is 0 Å². The number of hydrogen-bond donors (Lipinski definition) is 1. The first kappa shape index (κ1) is 27.2. The van der Waals surface area contributed by atoms with Crippen LogP contribution in [-0.2, 0) is 20.9 Å². The molecule has 0 aromatic heterocycles. The van der Waals surface area contributed by atoms with E-state index in [1.54, 1.807) is 0 Å². The molecule has 1 amide bonds. The summed E-state index contributed by atoms with van der Waals surface area (Å²) in [5, 5.41) is 8.40. The van der Waals surface area contributed by atoms with Crippen LogP contribution >= 0.6 is 23.2 Å². The Balaban J connectivity index is 1.66. The minimum Gasteiger partial charge on any atom is -0.335 e. The predicted molar refractivity (Wildman–Crippen MR) is 126 cm³/mol. The average molecular weight is 560 g/mol. The van der Waals surface area contributed by atoms with Crippen molar-refractivity contribution in [3.63, 3.8) is 0 Å². The van der Waals surface area contributed by atoms with Crippen LogP contribution in [0.25, 0.3) is 5.70 Å². The van der Waals surface area contributed by atoms with Gasteiger partial charge in [-0.1, -0.05) is 48.7 Å². The molecule has 0 bridgehead atoms. The van der Waals surface area contributed by atoms with Crippen molar-refractivity contribution in [3.8, 4) is 6.07 Å². The summed E-state index contributed by atoms with van der Waals surface area (Å²) in [6, 6.07) is 7.29. The summed E-state index contributed by atoms with van der Waals surface area (Å²) < 4.78 is 72.1. The quantitative estimate of drug-likeness (QED) is 0.322. The van der Waals surface area contributed by atoms with E-state index in [1.807, 2.05) is 13.0 Å². The molecule has 2 heterocycles. The highest BCUT2D eigenvalue weighted by Crippen LogP contribution is 2.49. The van der Waals surface area contributed by atoms with Crippen LogP contribution in [0.2, 0.25) is 10.0 Å². The lowest BCUT2D eigenvalue weighted by Gasteiger charge is -2.45. The van der Waals surface area contributed by atoms with Gasteiger partial charge in [0.25, 0.3) is 0 Å². The molecule has 12 heteroatoms. The Morgan fingerprint density at radius 1 is 1.22 bits per heavy atom. The zero-order valence-corrected chi connectivity index (χ0v) is 20.9. The third kappa shape index (κ3) is 4.76. The Morgan fingerprint density at radius 3 is 2.43 bits per heavy atom. The minimum atomic E-state index is -5.02. The maximum atomic E-state index is 15.5. The Labute approximate surface area is 219 Å². The van der Waals surface area contributed by atoms with E-state index in [0.717, 1.165) is 18.6 Å². The van der Waals surface area contributed by atoms with Gasteiger partial charge in [-0.2, -0.15) is 18.4 Å². The maximum absolute atomic E-state index is 15.5. The molecule has 0 spiro atoms. The molecule has 0 saturated carbocycles. The van der Waals surface area contributed by atoms with Crippen molar-refractivity contribution >= 4 is 34.8 Å². The molecule has 37 heavy (non-hydrogen) atoms. The summed E-state index contributed by atoms with van der Waals surface area (Å²) in [4.78, 5) is 18.5. The van der Waals surface area contributed by atoms with Crippen LogP contribution in [0.1, 0.15) is 48.4 Å². The van der Waals surface area contributed by atoms with Gasteiger partial charge in [0, 0.05) is 23.1 Å². The van der Waals surface area contributed by atoms with Gasteiger partial charge in [-0.05, 0) is 30.7 Å². The lowest BCUT2D eigenvalue weighted by molar-refractivity contribution is -0.269. The highest BCUT2D eigenvalue weighted by Gasteiger charge is 2.60. The van der Waals surface area contributed by atoms with Gasteiger partial charge in [-0.25, -0.2) is 8.78 Å². The largest absolute Gasteiger partial charge is 0.428 e. The van der Waals surface area contributed by atoms with Crippen molar-refractivity contribution in [1.82, 2.24) is 10.4 Å². The predicted octanol–water partition coefficient (Wildman–Crippen LogP) is 6.53. The molecular formula is C25H20Cl2F5N3O2. The first-order chi connectivity index (χ1) is 17.3. The molecule has 1 N–H and O–H groups in total. The number of amides is 1. The monoisotopic (exact) mass is 559 g/mol. The molecule has 5 nitrogen and oxygen atoms in total. The van der Waals surface area contributed by atoms with Crippen LogP contribution < -0.4 is 5.48 Å². The molecule has 1 unspecified atom stereocenters. The second-order valence-electron chi connectivity index (χ2n) is 8.94. The van der Waals surface area contributed by atoms with Gasteiger partial charge >= 0.3 is 6.18 Å². The number of alkyl halides is 4. The molecule has 1 atom stereocenters.